The van der Waals surface area contributed by atoms with Crippen molar-refractivity contribution in [3.63, 3.8) is 0 Å². The second kappa shape index (κ2) is 13.6. The Labute approximate surface area is 217 Å². The maximum absolute atomic E-state index is 13.8. The van der Waals surface area contributed by atoms with E-state index in [-0.39, 0.29) is 5.88 Å². The number of amides is 2. The van der Waals surface area contributed by atoms with E-state index in [1.54, 1.807) is 38.1 Å². The van der Waals surface area contributed by atoms with Crippen LogP contribution in [0.2, 0.25) is 0 Å². The molecule has 1 heterocycles. The molecule has 0 radical (unpaired) electrons. The van der Waals surface area contributed by atoms with Gasteiger partial charge in [-0.15, -0.1) is 0 Å². The summed E-state index contributed by atoms with van der Waals surface area (Å²) in [6.07, 6.45) is 6.02. The fourth-order valence-corrected chi connectivity index (χ4v) is 4.01. The Morgan fingerprint density at radius 1 is 1.14 bits per heavy atom. The number of urea groups is 1. The summed E-state index contributed by atoms with van der Waals surface area (Å²) in [7, 11) is 1.31. The first kappa shape index (κ1) is 27.9. The SMILES string of the molecule is COC(=O)[C@H](C)[C@H](C)NC(=O)NC(=NCC1CCC(C)CC1)Nc1ccc(Oc2ncccc2F)cc1. The molecule has 3 N–H and O–H groups in total. The Morgan fingerprint density at radius 3 is 2.49 bits per heavy atom. The van der Waals surface area contributed by atoms with Gasteiger partial charge in [0.2, 0.25) is 5.96 Å². The average molecular weight is 514 g/mol. The van der Waals surface area contributed by atoms with Crippen LogP contribution in [0.3, 0.4) is 0 Å². The Morgan fingerprint density at radius 2 is 1.84 bits per heavy atom. The molecule has 9 nitrogen and oxygen atoms in total. The lowest BCUT2D eigenvalue weighted by atomic mass is 9.83. The maximum Gasteiger partial charge on any atom is 0.321 e. The first-order valence-electron chi connectivity index (χ1n) is 12.6. The first-order valence-corrected chi connectivity index (χ1v) is 12.6. The van der Waals surface area contributed by atoms with Gasteiger partial charge < -0.3 is 20.1 Å². The van der Waals surface area contributed by atoms with Crippen LogP contribution in [0, 0.1) is 23.6 Å². The zero-order chi connectivity index (χ0) is 26.8. The molecule has 1 fully saturated rings. The predicted octanol–water partition coefficient (Wildman–Crippen LogP) is 5.10. The van der Waals surface area contributed by atoms with E-state index in [9.17, 15) is 14.0 Å². The minimum absolute atomic E-state index is 0.110. The van der Waals surface area contributed by atoms with Crippen LogP contribution >= 0.6 is 0 Å². The van der Waals surface area contributed by atoms with Crippen molar-refractivity contribution in [3.05, 3.63) is 48.4 Å². The Kier molecular flexibility index (Phi) is 10.2. The average Bonchev–Trinajstić information content (AvgIpc) is 2.89. The molecule has 1 aliphatic rings. The number of aromatic nitrogens is 1. The second-order valence-electron chi connectivity index (χ2n) is 9.56. The normalized spacial score (nSPS) is 19.3. The van der Waals surface area contributed by atoms with Crippen LogP contribution in [0.5, 0.6) is 11.6 Å². The standard InChI is InChI=1S/C27H36FN5O4/c1-17-7-9-20(10-8-17)16-30-26(33-27(35)31-19(3)18(2)25(34)36-4)32-21-11-13-22(14-12-21)37-24-23(28)6-5-15-29-24/h5-6,11-15,17-20H,7-10,16H2,1-4H3,(H3,30,31,32,33,35)/t17?,18-,19+,20?/m1/s1. The zero-order valence-electron chi connectivity index (χ0n) is 21.8. The number of guanidine groups is 1. The number of ether oxygens (including phenoxy) is 2. The number of carbonyl (C=O) groups excluding carboxylic acids is 2. The Bertz CT molecular complexity index is 1070. The number of pyridine rings is 1. The molecule has 0 bridgehead atoms. The van der Waals surface area contributed by atoms with E-state index in [0.717, 1.165) is 18.8 Å². The summed E-state index contributed by atoms with van der Waals surface area (Å²) in [5.74, 6) is 0.320. The number of nitrogens with one attached hydrogen (secondary N) is 3. The van der Waals surface area contributed by atoms with Crippen molar-refractivity contribution in [2.75, 3.05) is 19.0 Å². The highest BCUT2D eigenvalue weighted by Gasteiger charge is 2.23. The van der Waals surface area contributed by atoms with Crippen molar-refractivity contribution in [1.82, 2.24) is 15.6 Å². The number of benzene rings is 1. The number of halogens is 1. The number of methoxy groups -OCH3 is 1. The molecule has 1 aromatic carbocycles. The largest absolute Gasteiger partial charge is 0.469 e. The highest BCUT2D eigenvalue weighted by molar-refractivity contribution is 6.03. The number of rotatable bonds is 8. The summed E-state index contributed by atoms with van der Waals surface area (Å²) in [5.41, 5.74) is 0.654. The second-order valence-corrected chi connectivity index (χ2v) is 9.56. The van der Waals surface area contributed by atoms with Crippen LogP contribution in [0.1, 0.15) is 46.5 Å². The topological polar surface area (TPSA) is 114 Å². The van der Waals surface area contributed by atoms with Gasteiger partial charge >= 0.3 is 12.0 Å². The highest BCUT2D eigenvalue weighted by Crippen LogP contribution is 2.28. The number of hydrogen-bond donors (Lipinski definition) is 3. The van der Waals surface area contributed by atoms with Gasteiger partial charge in [-0.05, 0) is 74.9 Å². The predicted molar refractivity (Wildman–Crippen MR) is 140 cm³/mol. The number of aliphatic imine (C=N–C) groups is 1. The summed E-state index contributed by atoms with van der Waals surface area (Å²) in [5, 5.41) is 8.67. The lowest BCUT2D eigenvalue weighted by Gasteiger charge is -2.25. The van der Waals surface area contributed by atoms with Crippen molar-refractivity contribution in [3.8, 4) is 11.6 Å². The quantitative estimate of drug-likeness (QED) is 0.257. The van der Waals surface area contributed by atoms with Crippen LogP contribution in [0.4, 0.5) is 14.9 Å². The molecule has 0 aliphatic heterocycles. The molecular weight excluding hydrogens is 477 g/mol. The molecule has 2 amide bonds. The van der Waals surface area contributed by atoms with Crippen LogP contribution in [0.25, 0.3) is 0 Å². The molecule has 1 aliphatic carbocycles. The van der Waals surface area contributed by atoms with Crippen LogP contribution in [0.15, 0.2) is 47.6 Å². The molecule has 10 heteroatoms. The van der Waals surface area contributed by atoms with Gasteiger partial charge in [0.05, 0.1) is 13.0 Å². The van der Waals surface area contributed by atoms with Gasteiger partial charge in [-0.25, -0.2) is 14.2 Å². The zero-order valence-corrected chi connectivity index (χ0v) is 21.8. The Balaban J connectivity index is 1.66. The molecule has 1 saturated carbocycles. The van der Waals surface area contributed by atoms with Gasteiger partial charge in [0.25, 0.3) is 5.88 Å². The van der Waals surface area contributed by atoms with Crippen molar-refractivity contribution in [1.29, 1.82) is 0 Å². The smallest absolute Gasteiger partial charge is 0.321 e. The van der Waals surface area contributed by atoms with Crippen LogP contribution in [-0.2, 0) is 9.53 Å². The van der Waals surface area contributed by atoms with E-state index in [4.69, 9.17) is 9.47 Å². The molecule has 2 aromatic rings. The number of esters is 1. The first-order chi connectivity index (χ1) is 17.7. The van der Waals surface area contributed by atoms with Gasteiger partial charge in [-0.3, -0.25) is 15.1 Å². The van der Waals surface area contributed by atoms with Gasteiger partial charge in [0.1, 0.15) is 5.75 Å². The molecule has 3 rings (SSSR count). The lowest BCUT2D eigenvalue weighted by Crippen LogP contribution is -2.49. The molecule has 0 unspecified atom stereocenters. The third-order valence-corrected chi connectivity index (χ3v) is 6.61. The number of carbonyl (C=O) groups is 2. The highest BCUT2D eigenvalue weighted by atomic mass is 19.1. The maximum atomic E-state index is 13.8. The molecule has 1 aromatic heterocycles. The van der Waals surface area contributed by atoms with E-state index in [0.29, 0.717) is 29.9 Å². The number of nitrogens with zero attached hydrogens (tertiary/aromatic N) is 2. The number of anilines is 1. The molecule has 0 saturated heterocycles. The molecule has 200 valence electrons. The van der Waals surface area contributed by atoms with Crippen molar-refractivity contribution in [2.24, 2.45) is 22.7 Å². The van der Waals surface area contributed by atoms with Crippen molar-refractivity contribution >= 4 is 23.6 Å². The summed E-state index contributed by atoms with van der Waals surface area (Å²) >= 11 is 0. The third-order valence-electron chi connectivity index (χ3n) is 6.61. The minimum Gasteiger partial charge on any atom is -0.469 e. The molecule has 37 heavy (non-hydrogen) atoms. The monoisotopic (exact) mass is 513 g/mol. The fraction of sp³-hybridized carbons (Fsp3) is 0.481. The number of hydrogen-bond acceptors (Lipinski definition) is 6. The van der Waals surface area contributed by atoms with E-state index in [1.807, 2.05) is 0 Å². The van der Waals surface area contributed by atoms with E-state index in [1.165, 1.54) is 38.3 Å². The summed E-state index contributed by atoms with van der Waals surface area (Å²) in [6, 6.07) is 8.62. The van der Waals surface area contributed by atoms with Crippen molar-refractivity contribution in [2.45, 2.75) is 52.5 Å². The van der Waals surface area contributed by atoms with E-state index >= 15 is 0 Å². The molecular formula is C27H36FN5O4. The van der Waals surface area contributed by atoms with Gasteiger partial charge in [0, 0.05) is 24.5 Å². The van der Waals surface area contributed by atoms with Gasteiger partial charge in [-0.2, -0.15) is 0 Å². The van der Waals surface area contributed by atoms with Gasteiger partial charge in [0.15, 0.2) is 5.82 Å². The van der Waals surface area contributed by atoms with Crippen LogP contribution < -0.4 is 20.7 Å². The summed E-state index contributed by atoms with van der Waals surface area (Å²) in [4.78, 5) is 33.0. The third kappa shape index (κ3) is 8.73. The lowest BCUT2D eigenvalue weighted by molar-refractivity contribution is -0.145. The Hall–Kier alpha value is -3.69. The minimum atomic E-state index is -0.554. The summed E-state index contributed by atoms with van der Waals surface area (Å²) < 4.78 is 24.1. The fourth-order valence-electron chi connectivity index (χ4n) is 4.01. The van der Waals surface area contributed by atoms with E-state index < -0.39 is 29.8 Å². The van der Waals surface area contributed by atoms with E-state index in [2.05, 4.69) is 32.9 Å². The van der Waals surface area contributed by atoms with Crippen LogP contribution in [-0.4, -0.2) is 42.6 Å². The summed E-state index contributed by atoms with van der Waals surface area (Å²) in [6.45, 7) is 6.28. The van der Waals surface area contributed by atoms with Gasteiger partial charge in [-0.1, -0.05) is 19.8 Å². The molecule has 2 atom stereocenters. The van der Waals surface area contributed by atoms with Crippen molar-refractivity contribution < 1.29 is 23.5 Å². The molecule has 0 spiro atoms.